The van der Waals surface area contributed by atoms with E-state index in [1.807, 2.05) is 18.2 Å². The average Bonchev–Trinajstić information content (AvgIpc) is 2.58. The fourth-order valence-electron chi connectivity index (χ4n) is 6.14. The van der Waals surface area contributed by atoms with Crippen molar-refractivity contribution in [3.8, 4) is 0 Å². The third-order valence-corrected chi connectivity index (χ3v) is 6.84. The summed E-state index contributed by atoms with van der Waals surface area (Å²) < 4.78 is 0. The number of hydrogen-bond donors (Lipinski definition) is 2. The van der Waals surface area contributed by atoms with Crippen LogP contribution in [0.5, 0.6) is 0 Å². The maximum atomic E-state index is 13.0. The highest BCUT2D eigenvalue weighted by Gasteiger charge is 2.62. The molecule has 134 valence electrons. The lowest BCUT2D eigenvalue weighted by Gasteiger charge is -2.60. The molecule has 25 heavy (non-hydrogen) atoms. The Morgan fingerprint density at radius 1 is 1.04 bits per heavy atom. The molecular formula is C21H28N2O2. The number of benzene rings is 1. The van der Waals surface area contributed by atoms with Gasteiger partial charge in [-0.2, -0.15) is 0 Å². The van der Waals surface area contributed by atoms with E-state index in [1.165, 1.54) is 12.0 Å². The van der Waals surface area contributed by atoms with Crippen LogP contribution >= 0.6 is 0 Å². The van der Waals surface area contributed by atoms with Crippen LogP contribution in [0.15, 0.2) is 30.3 Å². The predicted octanol–water partition coefficient (Wildman–Crippen LogP) is 2.81. The topological polar surface area (TPSA) is 72.2 Å². The molecule has 1 aromatic carbocycles. The molecule has 0 aromatic heterocycles. The summed E-state index contributed by atoms with van der Waals surface area (Å²) in [6, 6.07) is 10.4. The smallest absolute Gasteiger partial charge is 0.226 e. The third-order valence-electron chi connectivity index (χ3n) is 6.84. The Labute approximate surface area is 149 Å². The number of nitrogens with two attached hydrogens (primary N) is 1. The Morgan fingerprint density at radius 2 is 1.68 bits per heavy atom. The zero-order valence-electron chi connectivity index (χ0n) is 14.8. The molecule has 0 aliphatic heterocycles. The number of aryl methyl sites for hydroxylation is 1. The van der Waals surface area contributed by atoms with Crippen LogP contribution in [0, 0.1) is 22.7 Å². The molecule has 5 rings (SSSR count). The van der Waals surface area contributed by atoms with Crippen LogP contribution < -0.4 is 11.1 Å². The summed E-state index contributed by atoms with van der Waals surface area (Å²) in [6.07, 6.45) is 7.48. The largest absolute Gasteiger partial charge is 0.369 e. The molecule has 0 heterocycles. The lowest BCUT2D eigenvalue weighted by Crippen LogP contribution is -2.60. The zero-order valence-corrected chi connectivity index (χ0v) is 14.8. The van der Waals surface area contributed by atoms with E-state index in [0.717, 1.165) is 38.5 Å². The normalized spacial score (nSPS) is 35.5. The van der Waals surface area contributed by atoms with Gasteiger partial charge < -0.3 is 11.1 Å². The van der Waals surface area contributed by atoms with Gasteiger partial charge in [0.25, 0.3) is 0 Å². The highest BCUT2D eigenvalue weighted by atomic mass is 16.2. The Morgan fingerprint density at radius 3 is 2.32 bits per heavy atom. The molecule has 0 saturated heterocycles. The van der Waals surface area contributed by atoms with Gasteiger partial charge >= 0.3 is 0 Å². The number of nitrogens with one attached hydrogen (secondary N) is 1. The van der Waals surface area contributed by atoms with E-state index in [1.54, 1.807) is 0 Å². The van der Waals surface area contributed by atoms with Crippen molar-refractivity contribution in [3.05, 3.63) is 35.9 Å². The number of rotatable bonds is 6. The van der Waals surface area contributed by atoms with E-state index in [-0.39, 0.29) is 17.2 Å². The van der Waals surface area contributed by atoms with Crippen LogP contribution in [0.3, 0.4) is 0 Å². The first-order valence-corrected chi connectivity index (χ1v) is 9.64. The van der Waals surface area contributed by atoms with Gasteiger partial charge in [-0.15, -0.1) is 0 Å². The van der Waals surface area contributed by atoms with E-state index in [2.05, 4.69) is 17.4 Å². The second-order valence-corrected chi connectivity index (χ2v) is 8.73. The summed E-state index contributed by atoms with van der Waals surface area (Å²) in [6.45, 7) is 0.703. The molecule has 2 amide bonds. The van der Waals surface area contributed by atoms with Crippen molar-refractivity contribution in [1.29, 1.82) is 0 Å². The van der Waals surface area contributed by atoms with Crippen molar-refractivity contribution >= 4 is 11.8 Å². The van der Waals surface area contributed by atoms with E-state index in [9.17, 15) is 9.59 Å². The molecule has 4 saturated carbocycles. The number of hydrogen-bond acceptors (Lipinski definition) is 2. The molecule has 1 aromatic rings. The van der Waals surface area contributed by atoms with Crippen LogP contribution in [0.2, 0.25) is 0 Å². The van der Waals surface area contributed by atoms with E-state index in [4.69, 9.17) is 5.73 Å². The molecule has 4 heteroatoms. The van der Waals surface area contributed by atoms with Crippen molar-refractivity contribution in [1.82, 2.24) is 5.32 Å². The maximum Gasteiger partial charge on any atom is 0.226 e. The van der Waals surface area contributed by atoms with E-state index >= 15 is 0 Å². The Balaban J connectivity index is 1.37. The first-order valence-electron chi connectivity index (χ1n) is 9.64. The quantitative estimate of drug-likeness (QED) is 0.782. The fourth-order valence-corrected chi connectivity index (χ4v) is 6.14. The summed E-state index contributed by atoms with van der Waals surface area (Å²) >= 11 is 0. The minimum atomic E-state index is -0.411. The van der Waals surface area contributed by atoms with Crippen molar-refractivity contribution in [2.24, 2.45) is 28.4 Å². The molecule has 4 aliphatic carbocycles. The van der Waals surface area contributed by atoms with Crippen LogP contribution in [0.1, 0.15) is 50.5 Å². The van der Waals surface area contributed by atoms with Crippen LogP contribution in [0.4, 0.5) is 0 Å². The molecule has 4 aliphatic rings. The summed E-state index contributed by atoms with van der Waals surface area (Å²) in [4.78, 5) is 25.1. The van der Waals surface area contributed by atoms with Gasteiger partial charge in [0.1, 0.15) is 0 Å². The Hall–Kier alpha value is -1.84. The fraction of sp³-hybridized carbons (Fsp3) is 0.619. The van der Waals surface area contributed by atoms with Crippen molar-refractivity contribution in [2.45, 2.75) is 51.4 Å². The summed E-state index contributed by atoms with van der Waals surface area (Å²) in [5.74, 6) is 0.996. The number of primary amides is 1. The van der Waals surface area contributed by atoms with E-state index in [0.29, 0.717) is 24.8 Å². The molecule has 2 unspecified atom stereocenters. The van der Waals surface area contributed by atoms with Crippen molar-refractivity contribution in [2.75, 3.05) is 6.54 Å². The number of carbonyl (C=O) groups excluding carboxylic acids is 2. The Bertz CT molecular complexity index is 656. The van der Waals surface area contributed by atoms with Crippen LogP contribution in [-0.4, -0.2) is 18.4 Å². The zero-order chi connectivity index (χ0) is 17.5. The third kappa shape index (κ3) is 2.96. The van der Waals surface area contributed by atoms with E-state index < -0.39 is 5.41 Å². The minimum Gasteiger partial charge on any atom is -0.369 e. The standard InChI is InChI=1S/C21H28N2O2/c22-18(24)20-10-16-9-17(11-20)13-21(12-16,14-20)19(25)23-8-4-7-15-5-2-1-3-6-15/h1-3,5-6,16-17H,4,7-14H2,(H2,22,24)(H,23,25). The van der Waals surface area contributed by atoms with Gasteiger partial charge in [0.05, 0.1) is 10.8 Å². The predicted molar refractivity (Wildman–Crippen MR) is 96.5 cm³/mol. The van der Waals surface area contributed by atoms with Gasteiger partial charge in [0.15, 0.2) is 0 Å². The van der Waals surface area contributed by atoms with Crippen molar-refractivity contribution in [3.63, 3.8) is 0 Å². The summed E-state index contributed by atoms with van der Waals surface area (Å²) in [5.41, 5.74) is 6.32. The molecule has 3 N–H and O–H groups in total. The van der Waals surface area contributed by atoms with Crippen LogP contribution in [0.25, 0.3) is 0 Å². The molecule has 4 nitrogen and oxygen atoms in total. The lowest BCUT2D eigenvalue weighted by molar-refractivity contribution is -0.165. The highest BCUT2D eigenvalue weighted by molar-refractivity contribution is 5.87. The van der Waals surface area contributed by atoms with Gasteiger partial charge in [0.2, 0.25) is 11.8 Å². The molecular weight excluding hydrogens is 312 g/mol. The highest BCUT2D eigenvalue weighted by Crippen LogP contribution is 2.65. The second-order valence-electron chi connectivity index (χ2n) is 8.73. The number of carbonyl (C=O) groups is 2. The number of amides is 2. The Kier molecular flexibility index (Phi) is 4.09. The summed E-state index contributed by atoms with van der Waals surface area (Å²) in [7, 11) is 0. The van der Waals surface area contributed by atoms with Gasteiger partial charge in [-0.25, -0.2) is 0 Å². The minimum absolute atomic E-state index is 0.167. The first-order chi connectivity index (χ1) is 12.0. The molecule has 0 spiro atoms. The van der Waals surface area contributed by atoms with Crippen molar-refractivity contribution < 1.29 is 9.59 Å². The van der Waals surface area contributed by atoms with Gasteiger partial charge in [0, 0.05) is 6.54 Å². The lowest BCUT2D eigenvalue weighted by atomic mass is 9.43. The van der Waals surface area contributed by atoms with Crippen LogP contribution in [-0.2, 0) is 16.0 Å². The molecule has 0 radical (unpaired) electrons. The second kappa shape index (κ2) is 6.15. The van der Waals surface area contributed by atoms with Gasteiger partial charge in [-0.05, 0) is 68.8 Å². The maximum absolute atomic E-state index is 13.0. The first kappa shape index (κ1) is 16.6. The molecule has 4 fully saturated rings. The monoisotopic (exact) mass is 340 g/mol. The summed E-state index contributed by atoms with van der Waals surface area (Å²) in [5, 5.41) is 3.18. The van der Waals surface area contributed by atoms with Gasteiger partial charge in [-0.1, -0.05) is 30.3 Å². The average molecular weight is 340 g/mol. The van der Waals surface area contributed by atoms with Gasteiger partial charge in [-0.3, -0.25) is 9.59 Å². The SMILES string of the molecule is NC(=O)C12CC3CC(C1)CC(C(=O)NCCCc1ccccc1)(C3)C2. The molecule has 2 atom stereocenters. The molecule has 4 bridgehead atoms.